The average molecular weight is 286 g/mol. The molecule has 21 heavy (non-hydrogen) atoms. The van der Waals surface area contributed by atoms with Crippen molar-refractivity contribution in [1.29, 1.82) is 0 Å². The van der Waals surface area contributed by atoms with Crippen molar-refractivity contribution in [3.63, 3.8) is 0 Å². The maximum Gasteiger partial charge on any atom is 0.273 e. The third kappa shape index (κ3) is 3.97. The van der Waals surface area contributed by atoms with E-state index < -0.39 is 17.8 Å². The van der Waals surface area contributed by atoms with E-state index in [0.29, 0.717) is 5.56 Å². The number of amides is 1. The van der Waals surface area contributed by atoms with Crippen LogP contribution in [0.15, 0.2) is 59.7 Å². The van der Waals surface area contributed by atoms with Crippen LogP contribution in [0.3, 0.4) is 0 Å². The van der Waals surface area contributed by atoms with Crippen molar-refractivity contribution in [2.24, 2.45) is 5.10 Å². The second kappa shape index (κ2) is 7.31. The molecular formula is C16H15FN2O2. The normalized spacial score (nSPS) is 12.3. The van der Waals surface area contributed by atoms with Crippen LogP contribution in [0, 0.1) is 5.82 Å². The van der Waals surface area contributed by atoms with E-state index in [2.05, 4.69) is 10.5 Å². The molecule has 108 valence electrons. The van der Waals surface area contributed by atoms with Gasteiger partial charge in [0.05, 0.1) is 6.21 Å². The van der Waals surface area contributed by atoms with Crippen LogP contribution in [0.4, 0.5) is 4.39 Å². The van der Waals surface area contributed by atoms with Gasteiger partial charge in [-0.15, -0.1) is 0 Å². The quantitative estimate of drug-likeness (QED) is 0.678. The molecule has 1 atom stereocenters. The first-order valence-corrected chi connectivity index (χ1v) is 6.37. The maximum atomic E-state index is 13.4. The highest BCUT2D eigenvalue weighted by Crippen LogP contribution is 2.15. The van der Waals surface area contributed by atoms with Gasteiger partial charge in [-0.2, -0.15) is 5.10 Å². The van der Waals surface area contributed by atoms with E-state index in [0.717, 1.165) is 5.56 Å². The minimum absolute atomic E-state index is 0.298. The van der Waals surface area contributed by atoms with Gasteiger partial charge >= 0.3 is 0 Å². The average Bonchev–Trinajstić information content (AvgIpc) is 2.51. The second-order valence-electron chi connectivity index (χ2n) is 4.28. The van der Waals surface area contributed by atoms with Crippen molar-refractivity contribution >= 4 is 12.1 Å². The van der Waals surface area contributed by atoms with E-state index in [1.165, 1.54) is 19.4 Å². The Labute approximate surface area is 122 Å². The summed E-state index contributed by atoms with van der Waals surface area (Å²) in [4.78, 5) is 12.0. The Morgan fingerprint density at radius 2 is 1.86 bits per heavy atom. The zero-order chi connectivity index (χ0) is 15.1. The molecule has 0 aromatic heterocycles. The summed E-state index contributed by atoms with van der Waals surface area (Å²) in [5.41, 5.74) is 3.37. The number of carbonyl (C=O) groups is 1. The van der Waals surface area contributed by atoms with Crippen LogP contribution in [0.25, 0.3) is 0 Å². The molecule has 0 saturated carbocycles. The van der Waals surface area contributed by atoms with Crippen molar-refractivity contribution in [1.82, 2.24) is 5.43 Å². The summed E-state index contributed by atoms with van der Waals surface area (Å²) < 4.78 is 18.5. The van der Waals surface area contributed by atoms with E-state index in [-0.39, 0.29) is 0 Å². The lowest BCUT2D eigenvalue weighted by Gasteiger charge is -2.13. The Morgan fingerprint density at radius 3 is 2.52 bits per heavy atom. The molecule has 4 nitrogen and oxygen atoms in total. The van der Waals surface area contributed by atoms with Crippen LogP contribution in [-0.4, -0.2) is 19.2 Å². The van der Waals surface area contributed by atoms with Crippen molar-refractivity contribution in [3.05, 3.63) is 71.5 Å². The fourth-order valence-electron chi connectivity index (χ4n) is 1.83. The minimum Gasteiger partial charge on any atom is -0.367 e. The first kappa shape index (κ1) is 14.9. The molecule has 0 unspecified atom stereocenters. The molecule has 0 aliphatic carbocycles. The number of halogens is 1. The monoisotopic (exact) mass is 286 g/mol. The molecule has 2 rings (SSSR count). The fraction of sp³-hybridized carbons (Fsp3) is 0.125. The van der Waals surface area contributed by atoms with Crippen LogP contribution in [0.5, 0.6) is 0 Å². The summed E-state index contributed by atoms with van der Waals surface area (Å²) in [5, 5.41) is 3.75. The Balaban J connectivity index is 2.02. The molecule has 5 heteroatoms. The zero-order valence-corrected chi connectivity index (χ0v) is 11.5. The second-order valence-corrected chi connectivity index (χ2v) is 4.28. The van der Waals surface area contributed by atoms with Gasteiger partial charge in [-0.1, -0.05) is 48.5 Å². The van der Waals surface area contributed by atoms with E-state index in [4.69, 9.17) is 4.74 Å². The predicted molar refractivity (Wildman–Crippen MR) is 78.3 cm³/mol. The molecule has 0 saturated heterocycles. The van der Waals surface area contributed by atoms with Crippen LogP contribution in [0.1, 0.15) is 17.2 Å². The molecule has 0 aliphatic rings. The third-order valence-corrected chi connectivity index (χ3v) is 2.86. The molecule has 0 fully saturated rings. The smallest absolute Gasteiger partial charge is 0.273 e. The first-order valence-electron chi connectivity index (χ1n) is 6.37. The van der Waals surface area contributed by atoms with Gasteiger partial charge in [-0.25, -0.2) is 9.82 Å². The molecule has 2 aromatic carbocycles. The molecule has 1 amide bonds. The highest BCUT2D eigenvalue weighted by atomic mass is 19.1. The number of rotatable bonds is 5. The van der Waals surface area contributed by atoms with Crippen molar-refractivity contribution in [3.8, 4) is 0 Å². The molecule has 0 heterocycles. The van der Waals surface area contributed by atoms with Gasteiger partial charge in [-0.05, 0) is 11.6 Å². The Morgan fingerprint density at radius 1 is 1.19 bits per heavy atom. The van der Waals surface area contributed by atoms with E-state index >= 15 is 0 Å². The molecule has 0 radical (unpaired) electrons. The molecular weight excluding hydrogens is 271 g/mol. The standard InChI is InChI=1S/C16H15FN2O2/c1-21-15(12-7-3-2-4-8-12)16(20)19-18-11-13-9-5-6-10-14(13)17/h2-11,15H,1H3,(H,19,20)/b18-11-/t15-/m1/s1. The number of ether oxygens (including phenoxy) is 1. The first-order chi connectivity index (χ1) is 10.2. The molecule has 1 N–H and O–H groups in total. The Bertz CT molecular complexity index is 629. The predicted octanol–water partition coefficient (Wildman–Crippen LogP) is 2.66. The number of hydrazone groups is 1. The number of hydrogen-bond donors (Lipinski definition) is 1. The van der Waals surface area contributed by atoms with Crippen LogP contribution >= 0.6 is 0 Å². The fourth-order valence-corrected chi connectivity index (χ4v) is 1.83. The molecule has 0 bridgehead atoms. The van der Waals surface area contributed by atoms with Gasteiger partial charge < -0.3 is 4.74 Å². The summed E-state index contributed by atoms with van der Waals surface area (Å²) in [6.07, 6.45) is 0.495. The highest BCUT2D eigenvalue weighted by Gasteiger charge is 2.19. The summed E-state index contributed by atoms with van der Waals surface area (Å²) in [7, 11) is 1.44. The van der Waals surface area contributed by atoms with Crippen molar-refractivity contribution in [2.75, 3.05) is 7.11 Å². The van der Waals surface area contributed by atoms with Crippen LogP contribution < -0.4 is 5.43 Å². The number of carbonyl (C=O) groups excluding carboxylic acids is 1. The Kier molecular flexibility index (Phi) is 5.17. The summed E-state index contributed by atoms with van der Waals surface area (Å²) in [6, 6.07) is 15.2. The highest BCUT2D eigenvalue weighted by molar-refractivity contribution is 5.85. The van der Waals surface area contributed by atoms with Crippen molar-refractivity contribution in [2.45, 2.75) is 6.10 Å². The molecule has 0 aliphatic heterocycles. The largest absolute Gasteiger partial charge is 0.367 e. The number of nitrogens with one attached hydrogen (secondary N) is 1. The summed E-state index contributed by atoms with van der Waals surface area (Å²) >= 11 is 0. The van der Waals surface area contributed by atoms with E-state index in [1.54, 1.807) is 30.3 Å². The van der Waals surface area contributed by atoms with Crippen molar-refractivity contribution < 1.29 is 13.9 Å². The molecule has 2 aromatic rings. The van der Waals surface area contributed by atoms with Crippen LogP contribution in [0.2, 0.25) is 0 Å². The van der Waals surface area contributed by atoms with E-state index in [1.807, 2.05) is 18.2 Å². The lowest BCUT2D eigenvalue weighted by molar-refractivity contribution is -0.131. The Hall–Kier alpha value is -2.53. The van der Waals surface area contributed by atoms with Gasteiger partial charge in [0, 0.05) is 12.7 Å². The van der Waals surface area contributed by atoms with Gasteiger partial charge in [0.2, 0.25) is 0 Å². The zero-order valence-electron chi connectivity index (χ0n) is 11.5. The van der Waals surface area contributed by atoms with E-state index in [9.17, 15) is 9.18 Å². The molecule has 0 spiro atoms. The summed E-state index contributed by atoms with van der Waals surface area (Å²) in [6.45, 7) is 0. The van der Waals surface area contributed by atoms with Gasteiger partial charge in [0.1, 0.15) is 5.82 Å². The lowest BCUT2D eigenvalue weighted by atomic mass is 10.1. The SMILES string of the molecule is CO[C@@H](C(=O)N/N=C\c1ccccc1F)c1ccccc1. The summed E-state index contributed by atoms with van der Waals surface area (Å²) in [5.74, 6) is -0.821. The number of hydrogen-bond acceptors (Lipinski definition) is 3. The third-order valence-electron chi connectivity index (χ3n) is 2.86. The minimum atomic E-state index is -0.760. The number of benzene rings is 2. The van der Waals surface area contributed by atoms with Crippen LogP contribution in [-0.2, 0) is 9.53 Å². The topological polar surface area (TPSA) is 50.7 Å². The lowest BCUT2D eigenvalue weighted by Crippen LogP contribution is -2.26. The van der Waals surface area contributed by atoms with Gasteiger partial charge in [0.25, 0.3) is 5.91 Å². The number of nitrogens with zero attached hydrogens (tertiary/aromatic N) is 1. The number of methoxy groups -OCH3 is 1. The van der Waals surface area contributed by atoms with Gasteiger partial charge in [-0.3, -0.25) is 4.79 Å². The maximum absolute atomic E-state index is 13.4. The van der Waals surface area contributed by atoms with Gasteiger partial charge in [0.15, 0.2) is 6.10 Å².